The summed E-state index contributed by atoms with van der Waals surface area (Å²) >= 11 is 1.23. The first-order valence-electron chi connectivity index (χ1n) is 33.5. The van der Waals surface area contributed by atoms with Crippen LogP contribution < -0.4 is 0 Å². The second-order valence-electron chi connectivity index (χ2n) is 23.5. The van der Waals surface area contributed by atoms with Crippen LogP contribution in [0.15, 0.2) is 182 Å². The van der Waals surface area contributed by atoms with Crippen molar-refractivity contribution in [3.8, 4) is 0 Å². The van der Waals surface area contributed by atoms with Gasteiger partial charge in [0.25, 0.3) is 0 Å². The molecule has 0 saturated carbocycles. The summed E-state index contributed by atoms with van der Waals surface area (Å²) in [5.74, 6) is 0.430. The van der Waals surface area contributed by atoms with Crippen molar-refractivity contribution in [1.29, 1.82) is 0 Å². The van der Waals surface area contributed by atoms with Gasteiger partial charge in [-0.2, -0.15) is 0 Å². The molecule has 3 fully saturated rings. The number of aliphatic hydroxyl groups is 3. The molecule has 3 aliphatic heterocycles. The molecule has 15 atom stereocenters. The first-order valence-corrected chi connectivity index (χ1v) is 34.4. The number of hydrogen-bond acceptors (Lipinski definition) is 17. The number of carbonyl (C=O) groups is 1. The monoisotopic (exact) mass is 1430 g/mol. The predicted molar refractivity (Wildman–Crippen MR) is 378 cm³/mol. The Hall–Kier alpha value is -4.53. The fraction of sp³-hybridized carbons (Fsp3) is 0.513. The number of benzene rings is 6. The summed E-state index contributed by atoms with van der Waals surface area (Å²) in [5, 5.41) is 28.9. The van der Waals surface area contributed by atoms with E-state index in [0.29, 0.717) is 71.6 Å². The standard InChI is InChI=1S/C33H40O6S.C32H40O5.C11H22O5.HI.H2/c1-3-4-20-35-33-32(38-23-28-18-12-7-13-19-28)31(37-22-27-16-10-6-11-17-27)30(29(39-33)24-40-25(2)34)36-21-26-14-8-5-9-15-26;1-3-5-21-33-32-31(36-24-27-19-13-8-14-20-27)30(35-23-26-17-11-7-12-18-26)29(28(4-2)37-32)34-22-25-15-9-6-10-16-25;1-3-5-6-15-11-10(14)9(13)8(12)7(4-2)16-11;;/h5-19,29-33H,3-4,20-24H2,1-2H3;6-20,28-32H,3-5,21-24H2,1-2H3;7-14H,3-6H2,1-2H3;2*1H/t29-,30-,31+,32-,33+;28-,29-,30+,31-,32+;7-,8-,9+,10-,11+;;/m111../s1. The van der Waals surface area contributed by atoms with E-state index in [-0.39, 0.29) is 48.8 Å². The van der Waals surface area contributed by atoms with E-state index in [1.807, 2.05) is 159 Å². The highest BCUT2D eigenvalue weighted by Gasteiger charge is 2.50. The Kier molecular flexibility index (Phi) is 37.7. The summed E-state index contributed by atoms with van der Waals surface area (Å²) in [4.78, 5) is 12.0. The number of carbonyl (C=O) groups excluding carboxylic acids is 1. The molecule has 0 unspecified atom stereocenters. The average molecular weight is 1430 g/mol. The van der Waals surface area contributed by atoms with E-state index in [1.165, 1.54) is 11.8 Å². The lowest BCUT2D eigenvalue weighted by molar-refractivity contribution is -0.323. The fourth-order valence-corrected chi connectivity index (χ4v) is 11.5. The molecule has 0 amide bonds. The minimum absolute atomic E-state index is 0. The van der Waals surface area contributed by atoms with Crippen LogP contribution in [-0.2, 0) is 101 Å². The van der Waals surface area contributed by atoms with Crippen molar-refractivity contribution in [2.24, 2.45) is 0 Å². The van der Waals surface area contributed by atoms with Gasteiger partial charge in [0.05, 0.1) is 58.0 Å². The molecule has 16 nitrogen and oxygen atoms in total. The Morgan fingerprint density at radius 2 is 0.638 bits per heavy atom. The smallest absolute Gasteiger partial charge is 0.186 e. The minimum Gasteiger partial charge on any atom is -0.388 e. The van der Waals surface area contributed by atoms with Crippen molar-refractivity contribution in [1.82, 2.24) is 0 Å². The summed E-state index contributed by atoms with van der Waals surface area (Å²) in [6.07, 6.45) is -2.04. The van der Waals surface area contributed by atoms with Gasteiger partial charge in [-0.3, -0.25) is 4.79 Å². The lowest BCUT2D eigenvalue weighted by Gasteiger charge is -2.46. The van der Waals surface area contributed by atoms with Crippen molar-refractivity contribution in [3.63, 3.8) is 0 Å². The van der Waals surface area contributed by atoms with Gasteiger partial charge in [-0.05, 0) is 65.5 Å². The molecular formula is C76H105IO16S. The van der Waals surface area contributed by atoms with Crippen LogP contribution in [0.25, 0.3) is 0 Å². The summed E-state index contributed by atoms with van der Waals surface area (Å²) in [5.41, 5.74) is 6.46. The molecule has 0 aromatic heterocycles. The van der Waals surface area contributed by atoms with Gasteiger partial charge in [0.15, 0.2) is 24.0 Å². The van der Waals surface area contributed by atoms with Gasteiger partial charge in [0.1, 0.15) is 54.9 Å². The molecule has 3 saturated heterocycles. The molecule has 0 bridgehead atoms. The molecule has 94 heavy (non-hydrogen) atoms. The van der Waals surface area contributed by atoms with Crippen LogP contribution in [-0.4, -0.2) is 138 Å². The zero-order chi connectivity index (χ0) is 65.8. The van der Waals surface area contributed by atoms with Crippen molar-refractivity contribution in [2.75, 3.05) is 25.6 Å². The third-order valence-electron chi connectivity index (χ3n) is 16.2. The SMILES string of the molecule is CCCCO[C@H]1O[C@H](CC)[C@@H](O)[C@H](O)[C@H]1O.CCCCO[C@H]1O[C@H](CC)[C@@H](OCc2ccccc2)[C@H](OCc2ccccc2)[C@H]1OCc1ccccc1.CCCCO[C@H]1O[C@H](CSC(C)=O)[C@@H](OCc2ccccc2)[C@H](OCc2ccccc2)[C@H]1OCc1ccccc1.I.[HH]. The van der Waals surface area contributed by atoms with E-state index < -0.39 is 73.8 Å². The molecule has 6 aromatic carbocycles. The number of halogens is 1. The van der Waals surface area contributed by atoms with E-state index >= 15 is 0 Å². The minimum atomic E-state index is -1.20. The Bertz CT molecular complexity index is 2870. The van der Waals surface area contributed by atoms with Gasteiger partial charge in [-0.15, -0.1) is 24.0 Å². The van der Waals surface area contributed by atoms with Crippen LogP contribution in [0, 0.1) is 0 Å². The summed E-state index contributed by atoms with van der Waals surface area (Å²) in [6, 6.07) is 60.8. The van der Waals surface area contributed by atoms with Crippen LogP contribution >= 0.6 is 35.7 Å². The zero-order valence-corrected chi connectivity index (χ0v) is 58.8. The van der Waals surface area contributed by atoms with Gasteiger partial charge in [0.2, 0.25) is 0 Å². The maximum atomic E-state index is 12.0. The average Bonchev–Trinajstić information content (AvgIpc) is 0.820. The maximum absolute atomic E-state index is 12.0. The number of rotatable bonds is 34. The van der Waals surface area contributed by atoms with Crippen molar-refractivity contribution in [3.05, 3.63) is 215 Å². The lowest BCUT2D eigenvalue weighted by atomic mass is 9.96. The first kappa shape index (κ1) is 78.5. The molecular weight excluding hydrogens is 1330 g/mol. The molecule has 3 N–H and O–H groups in total. The fourth-order valence-electron chi connectivity index (χ4n) is 10.8. The van der Waals surface area contributed by atoms with Gasteiger partial charge in [-0.1, -0.05) is 248 Å². The number of hydrogen-bond donors (Lipinski definition) is 3. The predicted octanol–water partition coefficient (Wildman–Crippen LogP) is 14.1. The summed E-state index contributed by atoms with van der Waals surface area (Å²) in [7, 11) is 0. The van der Waals surface area contributed by atoms with Crippen LogP contribution in [0.3, 0.4) is 0 Å². The van der Waals surface area contributed by atoms with Crippen molar-refractivity contribution < 1.29 is 78.4 Å². The normalized spacial score (nSPS) is 25.8. The third-order valence-corrected chi connectivity index (χ3v) is 17.1. The third kappa shape index (κ3) is 26.4. The maximum Gasteiger partial charge on any atom is 0.186 e. The Morgan fingerprint density at radius 3 is 0.947 bits per heavy atom. The molecule has 3 aliphatic rings. The topological polar surface area (TPSA) is 189 Å². The zero-order valence-electron chi connectivity index (χ0n) is 55.7. The van der Waals surface area contributed by atoms with E-state index in [1.54, 1.807) is 6.92 Å². The van der Waals surface area contributed by atoms with Crippen molar-refractivity contribution >= 4 is 40.9 Å². The van der Waals surface area contributed by atoms with E-state index in [0.717, 1.165) is 78.3 Å². The number of aliphatic hydroxyl groups excluding tert-OH is 3. The van der Waals surface area contributed by atoms with Crippen LogP contribution in [0.1, 0.15) is 128 Å². The number of ether oxygens (including phenoxy) is 12. The Labute approximate surface area is 581 Å². The van der Waals surface area contributed by atoms with Crippen LogP contribution in [0.5, 0.6) is 0 Å². The van der Waals surface area contributed by atoms with Gasteiger partial charge in [-0.25, -0.2) is 0 Å². The Balaban J connectivity index is 0.000000276. The quantitative estimate of drug-likeness (QED) is 0.0255. The molecule has 18 heteroatoms. The molecule has 9 rings (SSSR count). The molecule has 6 aromatic rings. The summed E-state index contributed by atoms with van der Waals surface area (Å²) < 4.78 is 75.8. The van der Waals surface area contributed by atoms with E-state index in [2.05, 4.69) is 57.2 Å². The largest absolute Gasteiger partial charge is 0.388 e. The molecule has 0 radical (unpaired) electrons. The van der Waals surface area contributed by atoms with E-state index in [4.69, 9.17) is 56.8 Å². The highest BCUT2D eigenvalue weighted by molar-refractivity contribution is 14.0. The molecule has 3 heterocycles. The van der Waals surface area contributed by atoms with Gasteiger partial charge >= 0.3 is 0 Å². The van der Waals surface area contributed by atoms with E-state index in [9.17, 15) is 20.1 Å². The van der Waals surface area contributed by atoms with Crippen LogP contribution in [0.2, 0.25) is 0 Å². The molecule has 518 valence electrons. The molecule has 0 aliphatic carbocycles. The number of thioether (sulfide) groups is 1. The van der Waals surface area contributed by atoms with Gasteiger partial charge < -0.3 is 72.2 Å². The first-order chi connectivity index (χ1) is 45.5. The van der Waals surface area contributed by atoms with Crippen LogP contribution in [0.4, 0.5) is 0 Å². The molecule has 0 spiro atoms. The summed E-state index contributed by atoms with van der Waals surface area (Å²) in [6.45, 7) is 16.0. The van der Waals surface area contributed by atoms with Crippen molar-refractivity contribution in [2.45, 2.75) is 225 Å². The highest BCUT2D eigenvalue weighted by atomic mass is 127. The highest BCUT2D eigenvalue weighted by Crippen LogP contribution is 2.35. The number of unbranched alkanes of at least 4 members (excludes halogenated alkanes) is 3. The lowest BCUT2D eigenvalue weighted by Crippen LogP contribution is -2.61. The second-order valence-corrected chi connectivity index (χ2v) is 24.7. The van der Waals surface area contributed by atoms with Gasteiger partial charge in [0, 0.05) is 33.9 Å². The Morgan fingerprint density at radius 1 is 0.362 bits per heavy atom. The second kappa shape index (κ2) is 45.1.